The first-order valence-corrected chi connectivity index (χ1v) is 5.11. The van der Waals surface area contributed by atoms with Gasteiger partial charge in [0.25, 0.3) is 0 Å². The summed E-state index contributed by atoms with van der Waals surface area (Å²) in [6.45, 7) is -5.33. The maximum absolute atomic E-state index is 13.1. The second-order valence-electron chi connectivity index (χ2n) is 4.33. The van der Waals surface area contributed by atoms with Crippen LogP contribution in [-0.2, 0) is 0 Å². The highest BCUT2D eigenvalue weighted by Crippen LogP contribution is 2.59. The summed E-state index contributed by atoms with van der Waals surface area (Å²) in [6.07, 6.45) is -1.13. The molecule has 100 valence electrons. The Morgan fingerprint density at radius 1 is 1.06 bits per heavy atom. The van der Waals surface area contributed by atoms with Gasteiger partial charge in [0.2, 0.25) is 0 Å². The molecule has 0 heterocycles. The molecule has 1 unspecified atom stereocenters. The molecule has 1 aliphatic rings. The Bertz CT molecular complexity index is 466. The van der Waals surface area contributed by atoms with Gasteiger partial charge < -0.3 is 12.9 Å². The van der Waals surface area contributed by atoms with Crippen LogP contribution in [-0.4, -0.2) is 18.8 Å². The first-order chi connectivity index (χ1) is 8.06. The average molecular weight is 271 g/mol. The Hall–Kier alpha value is -1.21. The second-order valence-corrected chi connectivity index (χ2v) is 4.33. The first-order valence-electron chi connectivity index (χ1n) is 5.11. The number of rotatable bonds is 2. The number of hydrogen-bond donors (Lipinski definition) is 0. The van der Waals surface area contributed by atoms with E-state index in [4.69, 9.17) is 0 Å². The van der Waals surface area contributed by atoms with Gasteiger partial charge in [-0.05, 0) is 5.56 Å². The molecule has 1 aliphatic carbocycles. The molecule has 0 nitrogen and oxygen atoms in total. The summed E-state index contributed by atoms with van der Waals surface area (Å²) in [5.41, 5.74) is -1.46. The normalized spacial score (nSPS) is 25.6. The van der Waals surface area contributed by atoms with Crippen molar-refractivity contribution in [2.75, 3.05) is 0 Å². The van der Waals surface area contributed by atoms with Gasteiger partial charge in [0.05, 0.1) is 5.92 Å². The van der Waals surface area contributed by atoms with Crippen molar-refractivity contribution in [1.29, 1.82) is 0 Å². The molecule has 1 atom stereocenters. The highest BCUT2D eigenvalue weighted by Gasteiger charge is 2.71. The van der Waals surface area contributed by atoms with Crippen molar-refractivity contribution in [2.24, 2.45) is 0 Å². The fourth-order valence-corrected chi connectivity index (χ4v) is 1.95. The van der Waals surface area contributed by atoms with Gasteiger partial charge >= 0.3 is 18.8 Å². The Morgan fingerprint density at radius 2 is 1.67 bits per heavy atom. The van der Waals surface area contributed by atoms with Crippen LogP contribution >= 0.6 is 0 Å². The van der Waals surface area contributed by atoms with Crippen LogP contribution in [0, 0.1) is 0 Å². The molecular weight excluding hydrogens is 264 g/mol. The van der Waals surface area contributed by atoms with Crippen LogP contribution in [0.2, 0.25) is 0 Å². The highest BCUT2D eigenvalue weighted by molar-refractivity contribution is 6.73. The summed E-state index contributed by atoms with van der Waals surface area (Å²) in [5, 5.41) is 0. The van der Waals surface area contributed by atoms with Crippen LogP contribution in [0.5, 0.6) is 0 Å². The first kappa shape index (κ1) is 13.2. The van der Waals surface area contributed by atoms with E-state index >= 15 is 0 Å². The van der Waals surface area contributed by atoms with Crippen LogP contribution in [0.25, 0.3) is 0 Å². The summed E-state index contributed by atoms with van der Waals surface area (Å²) in [7, 11) is 0. The van der Waals surface area contributed by atoms with Gasteiger partial charge in [0.1, 0.15) is 0 Å². The molecule has 0 radical (unpaired) electrons. The van der Waals surface area contributed by atoms with Crippen molar-refractivity contribution in [3.63, 3.8) is 0 Å². The molecule has 0 aromatic heterocycles. The zero-order valence-corrected chi connectivity index (χ0v) is 8.82. The number of hydrogen-bond acceptors (Lipinski definition) is 0. The second kappa shape index (κ2) is 3.65. The molecule has 1 aromatic rings. The molecular formula is C10H7BF7-. The summed E-state index contributed by atoms with van der Waals surface area (Å²) in [6, 6.07) is 3.22. The number of halogens is 7. The Morgan fingerprint density at radius 3 is 2.11 bits per heavy atom. The Balaban J connectivity index is 2.32. The maximum atomic E-state index is 13.1. The van der Waals surface area contributed by atoms with E-state index < -0.39 is 42.2 Å². The van der Waals surface area contributed by atoms with Gasteiger partial charge in [-0.25, -0.2) is 0 Å². The van der Waals surface area contributed by atoms with Crippen LogP contribution in [0.4, 0.5) is 30.5 Å². The molecule has 0 spiro atoms. The monoisotopic (exact) mass is 271 g/mol. The fourth-order valence-electron chi connectivity index (χ4n) is 1.95. The molecule has 0 aliphatic heterocycles. The molecule has 8 heteroatoms. The lowest BCUT2D eigenvalue weighted by atomic mass is 9.70. The maximum Gasteiger partial charge on any atom is 0.509 e. The molecule has 18 heavy (non-hydrogen) atoms. The predicted octanol–water partition coefficient (Wildman–Crippen LogP) is 3.50. The number of benzene rings is 1. The summed E-state index contributed by atoms with van der Waals surface area (Å²) < 4.78 is 88.6. The van der Waals surface area contributed by atoms with E-state index in [1.807, 2.05) is 0 Å². The molecule has 0 amide bonds. The lowest BCUT2D eigenvalue weighted by Crippen LogP contribution is -2.57. The zero-order valence-electron chi connectivity index (χ0n) is 8.82. The van der Waals surface area contributed by atoms with E-state index in [0.717, 1.165) is 18.2 Å². The third-order valence-corrected chi connectivity index (χ3v) is 3.08. The lowest BCUT2D eigenvalue weighted by molar-refractivity contribution is -0.290. The van der Waals surface area contributed by atoms with Crippen molar-refractivity contribution < 1.29 is 30.5 Å². The van der Waals surface area contributed by atoms with Gasteiger partial charge in [-0.3, -0.25) is 0 Å². The smallest absolute Gasteiger partial charge is 0.445 e. The van der Waals surface area contributed by atoms with Crippen molar-refractivity contribution in [1.82, 2.24) is 0 Å². The van der Waals surface area contributed by atoms with Gasteiger partial charge in [-0.15, -0.1) is 5.46 Å². The third kappa shape index (κ3) is 1.87. The van der Waals surface area contributed by atoms with Gasteiger partial charge in [-0.1, -0.05) is 24.3 Å². The standard InChI is InChI=1S/C10H7BF7/c12-9(13)5-8(10(9,14)15)6-2-1-3-7(4-6)11(16,17)18/h1-4,8H,5H2/q-1. The molecule has 0 bridgehead atoms. The quantitative estimate of drug-likeness (QED) is 0.570. The van der Waals surface area contributed by atoms with Crippen LogP contribution < -0.4 is 5.46 Å². The Labute approximate surface area is 97.9 Å². The summed E-state index contributed by atoms with van der Waals surface area (Å²) >= 11 is 0. The fraction of sp³-hybridized carbons (Fsp3) is 0.400. The SMILES string of the molecule is F[B-](F)(F)c1cccc(C2CC(F)(F)C2(F)F)c1. The van der Waals surface area contributed by atoms with Crippen molar-refractivity contribution >= 4 is 12.4 Å². The van der Waals surface area contributed by atoms with E-state index in [2.05, 4.69) is 0 Å². The molecule has 1 saturated carbocycles. The largest absolute Gasteiger partial charge is 0.509 e. The van der Waals surface area contributed by atoms with Crippen molar-refractivity contribution in [3.05, 3.63) is 29.8 Å². The minimum absolute atomic E-state index is 0.400. The molecule has 1 aromatic carbocycles. The molecule has 0 N–H and O–H groups in total. The summed E-state index contributed by atoms with van der Waals surface area (Å²) in [4.78, 5) is 0. The molecule has 0 saturated heterocycles. The third-order valence-electron chi connectivity index (χ3n) is 3.08. The summed E-state index contributed by atoms with van der Waals surface area (Å²) in [5.74, 6) is -10.3. The lowest BCUT2D eigenvalue weighted by Gasteiger charge is -2.44. The van der Waals surface area contributed by atoms with Gasteiger partial charge in [-0.2, -0.15) is 17.6 Å². The molecule has 2 rings (SSSR count). The van der Waals surface area contributed by atoms with E-state index in [0.29, 0.717) is 6.07 Å². The van der Waals surface area contributed by atoms with Crippen LogP contribution in [0.15, 0.2) is 24.3 Å². The van der Waals surface area contributed by atoms with E-state index in [-0.39, 0.29) is 0 Å². The number of alkyl halides is 4. The predicted molar refractivity (Wildman–Crippen MR) is 52.4 cm³/mol. The van der Waals surface area contributed by atoms with E-state index in [1.165, 1.54) is 0 Å². The minimum atomic E-state index is -5.33. The zero-order chi connectivity index (χ0) is 13.8. The topological polar surface area (TPSA) is 0 Å². The highest BCUT2D eigenvalue weighted by atomic mass is 19.4. The average Bonchev–Trinajstić information content (AvgIpc) is 2.25. The Kier molecular flexibility index (Phi) is 2.68. The van der Waals surface area contributed by atoms with E-state index in [1.54, 1.807) is 0 Å². The van der Waals surface area contributed by atoms with Crippen LogP contribution in [0.3, 0.4) is 0 Å². The van der Waals surface area contributed by atoms with Crippen LogP contribution in [0.1, 0.15) is 17.9 Å². The van der Waals surface area contributed by atoms with Crippen molar-refractivity contribution in [2.45, 2.75) is 24.2 Å². The minimum Gasteiger partial charge on any atom is -0.445 e. The van der Waals surface area contributed by atoms with Gasteiger partial charge in [0.15, 0.2) is 0 Å². The van der Waals surface area contributed by atoms with Crippen molar-refractivity contribution in [3.8, 4) is 0 Å². The van der Waals surface area contributed by atoms with E-state index in [9.17, 15) is 30.5 Å². The molecule has 1 fully saturated rings. The van der Waals surface area contributed by atoms with Gasteiger partial charge in [0, 0.05) is 6.42 Å².